The molecule has 1 aromatic heterocycles. The van der Waals surface area contributed by atoms with Gasteiger partial charge in [0.2, 0.25) is 0 Å². The van der Waals surface area contributed by atoms with Gasteiger partial charge >= 0.3 is 0 Å². The molecule has 140 valence electrons. The molecule has 1 amide bonds. The molecule has 3 rings (SSSR count). The minimum atomic E-state index is -0.213. The number of halogens is 2. The van der Waals surface area contributed by atoms with E-state index in [0.29, 0.717) is 22.1 Å². The van der Waals surface area contributed by atoms with E-state index >= 15 is 0 Å². The van der Waals surface area contributed by atoms with Crippen molar-refractivity contribution in [3.05, 3.63) is 81.3 Å². The monoisotopic (exact) mass is 464 g/mol. The van der Waals surface area contributed by atoms with Crippen LogP contribution >= 0.6 is 38.9 Å². The van der Waals surface area contributed by atoms with Crippen LogP contribution in [0.5, 0.6) is 0 Å². The lowest BCUT2D eigenvalue weighted by Gasteiger charge is -2.04. The largest absolute Gasteiger partial charge is 0.367 e. The van der Waals surface area contributed by atoms with E-state index in [1.54, 1.807) is 0 Å². The summed E-state index contributed by atoms with van der Waals surface area (Å²) in [5.74, 6) is -0.213. The van der Waals surface area contributed by atoms with Gasteiger partial charge in [0, 0.05) is 21.7 Å². The summed E-state index contributed by atoms with van der Waals surface area (Å²) in [5.41, 5.74) is 3.06. The molecule has 0 atom stereocenters. The van der Waals surface area contributed by atoms with E-state index in [-0.39, 0.29) is 12.5 Å². The van der Waals surface area contributed by atoms with Crippen LogP contribution in [-0.4, -0.2) is 17.5 Å². The first-order chi connectivity index (χ1) is 13.1. The number of nitrogens with one attached hydrogen (secondary N) is 1. The smallest absolute Gasteiger partial charge is 0.252 e. The lowest BCUT2D eigenvalue weighted by Crippen LogP contribution is -2.18. The fraction of sp³-hybridized carbons (Fsp3) is 0.200. The number of alkyl halides is 1. The predicted octanol–water partition coefficient (Wildman–Crippen LogP) is 5.44. The van der Waals surface area contributed by atoms with Crippen LogP contribution in [0, 0.1) is 0 Å². The lowest BCUT2D eigenvalue weighted by atomic mass is 10.1. The third-order valence-corrected chi connectivity index (χ3v) is 5.53. The van der Waals surface area contributed by atoms with E-state index in [1.807, 2.05) is 54.6 Å². The third-order valence-electron chi connectivity index (χ3n) is 3.75. The van der Waals surface area contributed by atoms with Crippen molar-refractivity contribution in [1.82, 2.24) is 4.98 Å². The van der Waals surface area contributed by atoms with Gasteiger partial charge in [-0.1, -0.05) is 70.0 Å². The first-order valence-electron chi connectivity index (χ1n) is 8.34. The summed E-state index contributed by atoms with van der Waals surface area (Å²) in [4.78, 5) is 17.7. The number of anilines is 1. The Morgan fingerprint density at radius 1 is 1.15 bits per heavy atom. The second kappa shape index (κ2) is 9.99. The van der Waals surface area contributed by atoms with Crippen molar-refractivity contribution in [1.29, 1.82) is 0 Å². The Hall–Kier alpha value is -1.73. The Morgan fingerprint density at radius 3 is 2.67 bits per heavy atom. The zero-order valence-electron chi connectivity index (χ0n) is 14.5. The van der Waals surface area contributed by atoms with Gasteiger partial charge in [0.05, 0.1) is 12.3 Å². The van der Waals surface area contributed by atoms with Crippen molar-refractivity contribution in [2.75, 3.05) is 11.9 Å². The number of rotatable bonds is 8. The molecule has 1 N–H and O–H groups in total. The summed E-state index contributed by atoms with van der Waals surface area (Å²) in [6.07, 6.45) is 0.722. The fourth-order valence-electron chi connectivity index (χ4n) is 2.50. The minimum Gasteiger partial charge on any atom is -0.367 e. The van der Waals surface area contributed by atoms with Crippen LogP contribution in [-0.2, 0) is 27.9 Å². The Kier molecular flexibility index (Phi) is 7.41. The van der Waals surface area contributed by atoms with Gasteiger partial charge in [-0.05, 0) is 23.3 Å². The molecule has 1 heterocycles. The molecule has 0 aliphatic carbocycles. The highest BCUT2D eigenvalue weighted by atomic mass is 79.9. The van der Waals surface area contributed by atoms with E-state index < -0.39 is 0 Å². The maximum atomic E-state index is 12.1. The summed E-state index contributed by atoms with van der Waals surface area (Å²) < 4.78 is 5.47. The second-order valence-corrected chi connectivity index (χ2v) is 7.94. The van der Waals surface area contributed by atoms with Gasteiger partial charge in [-0.15, -0.1) is 11.3 Å². The Bertz CT molecular complexity index is 902. The molecule has 0 spiro atoms. The first kappa shape index (κ1) is 20.0. The van der Waals surface area contributed by atoms with Crippen molar-refractivity contribution in [3.63, 3.8) is 0 Å². The number of carbonyl (C=O) groups is 1. The number of nitrogens with zero attached hydrogens (tertiary/aromatic N) is 1. The van der Waals surface area contributed by atoms with E-state index in [0.717, 1.165) is 28.1 Å². The number of hydrogen-bond acceptors (Lipinski definition) is 4. The quantitative estimate of drug-likeness (QED) is 0.451. The van der Waals surface area contributed by atoms with Crippen LogP contribution in [0.2, 0.25) is 5.02 Å². The van der Waals surface area contributed by atoms with Gasteiger partial charge in [-0.2, -0.15) is 0 Å². The summed E-state index contributed by atoms with van der Waals surface area (Å²) in [6, 6.07) is 17.5. The van der Waals surface area contributed by atoms with Crippen molar-refractivity contribution in [2.45, 2.75) is 18.4 Å². The van der Waals surface area contributed by atoms with Crippen LogP contribution in [0.15, 0.2) is 54.6 Å². The average Bonchev–Trinajstić information content (AvgIpc) is 3.03. The maximum Gasteiger partial charge on any atom is 0.252 e. The highest BCUT2D eigenvalue weighted by Crippen LogP contribution is 2.28. The minimum absolute atomic E-state index is 0.0122. The Morgan fingerprint density at radius 2 is 1.93 bits per heavy atom. The molecule has 4 nitrogen and oxygen atoms in total. The lowest BCUT2D eigenvalue weighted by molar-refractivity contribution is -0.121. The molecule has 27 heavy (non-hydrogen) atoms. The van der Waals surface area contributed by atoms with Crippen LogP contribution in [0.25, 0.3) is 0 Å². The van der Waals surface area contributed by atoms with Gasteiger partial charge in [-0.25, -0.2) is 4.98 Å². The predicted molar refractivity (Wildman–Crippen MR) is 114 cm³/mol. The molecule has 2 aromatic carbocycles. The number of amides is 1. The number of carbonyl (C=O) groups excluding carboxylic acids is 1. The number of aromatic nitrogens is 1. The van der Waals surface area contributed by atoms with E-state index in [4.69, 9.17) is 16.3 Å². The van der Waals surface area contributed by atoms with Crippen LogP contribution in [0.3, 0.4) is 0 Å². The number of hydrogen-bond donors (Lipinski definition) is 1. The number of ether oxygens (including phenoxy) is 1. The van der Waals surface area contributed by atoms with E-state index in [2.05, 4.69) is 26.2 Å². The summed E-state index contributed by atoms with van der Waals surface area (Å²) in [7, 11) is 0. The van der Waals surface area contributed by atoms with Gasteiger partial charge < -0.3 is 4.74 Å². The molecule has 0 saturated carbocycles. The van der Waals surface area contributed by atoms with Crippen molar-refractivity contribution in [2.24, 2.45) is 0 Å². The van der Waals surface area contributed by atoms with Crippen LogP contribution < -0.4 is 5.32 Å². The second-order valence-electron chi connectivity index (χ2n) is 5.86. The van der Waals surface area contributed by atoms with Gasteiger partial charge in [0.1, 0.15) is 6.61 Å². The van der Waals surface area contributed by atoms with Crippen molar-refractivity contribution >= 4 is 49.9 Å². The maximum absolute atomic E-state index is 12.1. The normalized spacial score (nSPS) is 10.7. The molecule has 0 saturated heterocycles. The molecule has 0 radical (unpaired) electrons. The SMILES string of the molecule is O=C(COCc1ccccc1)Nc1nc(CBr)c(Cc2cccc(Cl)c2)s1. The molecular formula is C20H18BrClN2O2S. The number of thiazole rings is 1. The van der Waals surface area contributed by atoms with Gasteiger partial charge in [-0.3, -0.25) is 10.1 Å². The van der Waals surface area contributed by atoms with E-state index in [9.17, 15) is 4.79 Å². The molecule has 0 unspecified atom stereocenters. The third kappa shape index (κ3) is 6.14. The molecular weight excluding hydrogens is 448 g/mol. The summed E-state index contributed by atoms with van der Waals surface area (Å²) >= 11 is 11.0. The molecule has 0 aliphatic heterocycles. The molecule has 3 aromatic rings. The summed E-state index contributed by atoms with van der Waals surface area (Å²) in [6.45, 7) is 0.389. The fourth-order valence-corrected chi connectivity index (χ4v) is 4.39. The first-order valence-corrected chi connectivity index (χ1v) is 10.7. The van der Waals surface area contributed by atoms with Crippen LogP contribution in [0.1, 0.15) is 21.7 Å². The Balaban J connectivity index is 1.56. The van der Waals surface area contributed by atoms with Crippen molar-refractivity contribution < 1.29 is 9.53 Å². The zero-order chi connectivity index (χ0) is 19.1. The topological polar surface area (TPSA) is 51.2 Å². The highest BCUT2D eigenvalue weighted by molar-refractivity contribution is 9.08. The van der Waals surface area contributed by atoms with Gasteiger partial charge in [0.15, 0.2) is 5.13 Å². The zero-order valence-corrected chi connectivity index (χ0v) is 17.6. The molecule has 7 heteroatoms. The molecule has 0 aliphatic rings. The van der Waals surface area contributed by atoms with Crippen LogP contribution in [0.4, 0.5) is 5.13 Å². The van der Waals surface area contributed by atoms with E-state index in [1.165, 1.54) is 11.3 Å². The molecule has 0 bridgehead atoms. The summed E-state index contributed by atoms with van der Waals surface area (Å²) in [5, 5.41) is 4.73. The average molecular weight is 466 g/mol. The van der Waals surface area contributed by atoms with Crippen molar-refractivity contribution in [3.8, 4) is 0 Å². The van der Waals surface area contributed by atoms with Gasteiger partial charge in [0.25, 0.3) is 5.91 Å². The Labute approximate surface area is 175 Å². The molecule has 0 fully saturated rings. The highest BCUT2D eigenvalue weighted by Gasteiger charge is 2.13. The standard InChI is InChI=1S/C20H18BrClN2O2S/c21-11-17-18(10-15-7-4-8-16(22)9-15)27-20(23-17)24-19(25)13-26-12-14-5-2-1-3-6-14/h1-9H,10-13H2,(H,23,24,25). The number of benzene rings is 2.